The van der Waals surface area contributed by atoms with Gasteiger partial charge in [-0.25, -0.2) is 14.6 Å². The number of nitrogens with zero attached hydrogens (tertiary/aromatic N) is 3. The molecule has 0 unspecified atom stereocenters. The SMILES string of the molecule is CSc1ncn2cc(C3=C(C(=O)OCc4oc(=O)oc4C)N4C(=O)[C@H]([C@@H](C)O)[C@H]4[C@H]3C)sc12. The van der Waals surface area contributed by atoms with Crippen LogP contribution in [0.5, 0.6) is 0 Å². The highest BCUT2D eigenvalue weighted by molar-refractivity contribution is 7.98. The van der Waals surface area contributed by atoms with Crippen LogP contribution < -0.4 is 5.82 Å². The highest BCUT2D eigenvalue weighted by Gasteiger charge is 2.60. The van der Waals surface area contributed by atoms with Gasteiger partial charge in [-0.2, -0.15) is 0 Å². The summed E-state index contributed by atoms with van der Waals surface area (Å²) in [5.41, 5.74) is 0.841. The van der Waals surface area contributed by atoms with Crippen LogP contribution in [-0.2, 0) is 20.9 Å². The van der Waals surface area contributed by atoms with Crippen LogP contribution in [0.3, 0.4) is 0 Å². The molecule has 10 nitrogen and oxygen atoms in total. The van der Waals surface area contributed by atoms with Gasteiger partial charge in [-0.1, -0.05) is 6.92 Å². The number of thioether (sulfide) groups is 1. The van der Waals surface area contributed by atoms with Crippen LogP contribution in [0, 0.1) is 18.8 Å². The summed E-state index contributed by atoms with van der Waals surface area (Å²) in [7, 11) is 0. The van der Waals surface area contributed by atoms with Crippen molar-refractivity contribution in [3.8, 4) is 0 Å². The number of aliphatic hydroxyl groups excluding tert-OH is 1. The van der Waals surface area contributed by atoms with Gasteiger partial charge in [0.1, 0.15) is 21.9 Å². The maximum absolute atomic E-state index is 13.2. The van der Waals surface area contributed by atoms with Crippen LogP contribution >= 0.6 is 23.1 Å². The van der Waals surface area contributed by atoms with Crippen molar-refractivity contribution < 1.29 is 28.3 Å². The lowest BCUT2D eigenvalue weighted by Crippen LogP contribution is -2.63. The van der Waals surface area contributed by atoms with Crippen molar-refractivity contribution in [2.75, 3.05) is 6.26 Å². The number of ether oxygens (including phenoxy) is 1. The largest absolute Gasteiger partial charge is 0.519 e. The monoisotopic (exact) mass is 491 g/mol. The molecule has 2 aliphatic rings. The first-order valence-electron chi connectivity index (χ1n) is 10.3. The number of imidazole rings is 1. The minimum atomic E-state index is -0.877. The van der Waals surface area contributed by atoms with E-state index in [1.54, 1.807) is 13.3 Å². The number of carbonyl (C=O) groups excluding carboxylic acids is 2. The Morgan fingerprint density at radius 2 is 2.15 bits per heavy atom. The normalized spacial score (nSPS) is 23.2. The Kier molecular flexibility index (Phi) is 5.26. The predicted octanol–water partition coefficient (Wildman–Crippen LogP) is 2.28. The van der Waals surface area contributed by atoms with E-state index >= 15 is 0 Å². The van der Waals surface area contributed by atoms with Gasteiger partial charge in [0.15, 0.2) is 18.1 Å². The molecule has 3 aromatic rings. The summed E-state index contributed by atoms with van der Waals surface area (Å²) in [4.78, 5) is 45.0. The fourth-order valence-corrected chi connectivity index (χ4v) is 6.55. The lowest BCUT2D eigenvalue weighted by atomic mass is 9.77. The Balaban J connectivity index is 1.55. The molecule has 1 N–H and O–H groups in total. The molecule has 0 aliphatic carbocycles. The fraction of sp³-hybridized carbons (Fsp3) is 0.429. The summed E-state index contributed by atoms with van der Waals surface area (Å²) in [5, 5.41) is 11.0. The molecule has 3 aromatic heterocycles. The number of thiazole rings is 1. The molecule has 4 atom stereocenters. The maximum Gasteiger partial charge on any atom is 0.519 e. The second-order valence-electron chi connectivity index (χ2n) is 8.09. The Bertz CT molecular complexity index is 1360. The van der Waals surface area contributed by atoms with Gasteiger partial charge < -0.3 is 23.6 Å². The first kappa shape index (κ1) is 22.0. The van der Waals surface area contributed by atoms with Crippen molar-refractivity contribution in [3.63, 3.8) is 0 Å². The zero-order chi connectivity index (χ0) is 23.6. The van der Waals surface area contributed by atoms with E-state index in [0.717, 1.165) is 14.7 Å². The van der Waals surface area contributed by atoms with Gasteiger partial charge in [0.05, 0.1) is 22.9 Å². The zero-order valence-electron chi connectivity index (χ0n) is 18.2. The molecule has 174 valence electrons. The number of fused-ring (bicyclic) bond motifs is 2. The van der Waals surface area contributed by atoms with E-state index in [-0.39, 0.29) is 41.7 Å². The highest BCUT2D eigenvalue weighted by atomic mass is 32.2. The summed E-state index contributed by atoms with van der Waals surface area (Å²) in [6, 6.07) is -0.344. The lowest BCUT2D eigenvalue weighted by molar-refractivity contribution is -0.164. The third-order valence-electron chi connectivity index (χ3n) is 6.17. The quantitative estimate of drug-likeness (QED) is 0.314. The number of aromatic nitrogens is 2. The van der Waals surface area contributed by atoms with E-state index in [0.29, 0.717) is 5.57 Å². The number of aliphatic hydroxyl groups is 1. The van der Waals surface area contributed by atoms with Crippen LogP contribution in [-0.4, -0.2) is 49.7 Å². The number of carbonyl (C=O) groups is 2. The summed E-state index contributed by atoms with van der Waals surface area (Å²) in [5.74, 6) is -2.37. The van der Waals surface area contributed by atoms with E-state index in [2.05, 4.69) is 4.98 Å². The van der Waals surface area contributed by atoms with Crippen molar-refractivity contribution in [1.82, 2.24) is 14.3 Å². The van der Waals surface area contributed by atoms with Gasteiger partial charge in [0.2, 0.25) is 5.91 Å². The smallest absolute Gasteiger partial charge is 0.453 e. The van der Waals surface area contributed by atoms with Crippen LogP contribution in [0.1, 0.15) is 30.2 Å². The van der Waals surface area contributed by atoms with Crippen molar-refractivity contribution in [3.05, 3.63) is 45.2 Å². The molecule has 0 aromatic carbocycles. The van der Waals surface area contributed by atoms with E-state index in [4.69, 9.17) is 13.6 Å². The fourth-order valence-electron chi connectivity index (χ4n) is 4.63. The molecular weight excluding hydrogens is 470 g/mol. The van der Waals surface area contributed by atoms with Gasteiger partial charge in [-0.05, 0) is 20.1 Å². The Hall–Kier alpha value is -2.83. The topological polar surface area (TPSA) is 127 Å². The number of rotatable bonds is 6. The Labute approximate surface area is 195 Å². The summed E-state index contributed by atoms with van der Waals surface area (Å²) in [6.45, 7) is 4.75. The zero-order valence-corrected chi connectivity index (χ0v) is 19.9. The molecule has 0 radical (unpaired) electrons. The second kappa shape index (κ2) is 7.89. The first-order valence-corrected chi connectivity index (χ1v) is 12.3. The number of esters is 1. The number of β-lactam (4-membered cyclic amide) rings is 1. The summed E-state index contributed by atoms with van der Waals surface area (Å²) < 4.78 is 17.0. The second-order valence-corrected chi connectivity index (χ2v) is 9.91. The van der Waals surface area contributed by atoms with E-state index < -0.39 is 23.8 Å². The molecule has 2 aliphatic heterocycles. The molecule has 5 heterocycles. The van der Waals surface area contributed by atoms with Crippen molar-refractivity contribution in [2.45, 2.75) is 44.5 Å². The molecule has 0 bridgehead atoms. The average Bonchev–Trinajstić information content (AvgIpc) is 3.46. The maximum atomic E-state index is 13.2. The lowest BCUT2D eigenvalue weighted by Gasteiger charge is -2.46. The Morgan fingerprint density at radius 3 is 2.79 bits per heavy atom. The number of aryl methyl sites for hydroxylation is 1. The van der Waals surface area contributed by atoms with E-state index in [1.165, 1.54) is 34.9 Å². The summed E-state index contributed by atoms with van der Waals surface area (Å²) in [6.07, 6.45) is 4.70. The van der Waals surface area contributed by atoms with E-state index in [9.17, 15) is 19.5 Å². The van der Waals surface area contributed by atoms with Crippen LogP contribution in [0.2, 0.25) is 0 Å². The van der Waals surface area contributed by atoms with Gasteiger partial charge in [-0.3, -0.25) is 9.20 Å². The number of hydrogen-bond donors (Lipinski definition) is 1. The van der Waals surface area contributed by atoms with Crippen molar-refractivity contribution >= 4 is 45.4 Å². The minimum Gasteiger partial charge on any atom is -0.453 e. The molecule has 12 heteroatoms. The van der Waals surface area contributed by atoms with Crippen molar-refractivity contribution in [2.24, 2.45) is 11.8 Å². The number of amides is 1. The molecule has 0 saturated carbocycles. The minimum absolute atomic E-state index is 0.107. The van der Waals surface area contributed by atoms with Gasteiger partial charge in [0.25, 0.3) is 0 Å². The van der Waals surface area contributed by atoms with Gasteiger partial charge >= 0.3 is 11.8 Å². The average molecular weight is 492 g/mol. The van der Waals surface area contributed by atoms with Gasteiger partial charge in [-0.15, -0.1) is 23.1 Å². The Morgan fingerprint density at radius 1 is 1.39 bits per heavy atom. The third kappa shape index (κ3) is 3.27. The van der Waals surface area contributed by atoms with Gasteiger partial charge in [0, 0.05) is 17.7 Å². The molecular formula is C21H21N3O7S2. The summed E-state index contributed by atoms with van der Waals surface area (Å²) >= 11 is 3.00. The van der Waals surface area contributed by atoms with Crippen molar-refractivity contribution in [1.29, 1.82) is 0 Å². The van der Waals surface area contributed by atoms with Crippen LogP contribution in [0.4, 0.5) is 0 Å². The standard InChI is InChI=1S/C21H21N3O7S2/c1-8-13(12-5-23-7-22-17(32-4)19(23)33-12)16(24-15(8)14(9(2)25)18(24)26)20(27)29-6-11-10(3)30-21(28)31-11/h5,7-9,14-15,25H,6H2,1-4H3/t8-,9+,14+,15+/m0/s1. The molecule has 1 saturated heterocycles. The highest BCUT2D eigenvalue weighted by Crippen LogP contribution is 2.52. The predicted molar refractivity (Wildman–Crippen MR) is 119 cm³/mol. The molecule has 1 amide bonds. The number of hydrogen-bond acceptors (Lipinski definition) is 10. The van der Waals surface area contributed by atoms with Crippen LogP contribution in [0.15, 0.2) is 36.9 Å². The molecule has 33 heavy (non-hydrogen) atoms. The molecule has 1 fully saturated rings. The molecule has 0 spiro atoms. The first-order chi connectivity index (χ1) is 15.7. The van der Waals surface area contributed by atoms with Crippen LogP contribution in [0.25, 0.3) is 10.4 Å². The van der Waals surface area contributed by atoms with E-state index in [1.807, 2.05) is 23.8 Å². The molecule has 5 rings (SSSR count). The third-order valence-corrected chi connectivity index (χ3v) is 8.13.